The Morgan fingerprint density at radius 2 is 1.56 bits per heavy atom. The number of sulfone groups is 1. The summed E-state index contributed by atoms with van der Waals surface area (Å²) >= 11 is 0. The molecule has 0 unspecified atom stereocenters. The summed E-state index contributed by atoms with van der Waals surface area (Å²) in [5.41, 5.74) is -4.95. The molecule has 0 saturated heterocycles. The van der Waals surface area contributed by atoms with E-state index in [0.717, 1.165) is 0 Å². The molecule has 6 heteroatoms. The van der Waals surface area contributed by atoms with E-state index < -0.39 is 20.1 Å². The van der Waals surface area contributed by atoms with Crippen molar-refractivity contribution in [2.45, 2.75) is 23.1 Å². The number of hydrogen-bond donors (Lipinski definition) is 0. The van der Waals surface area contributed by atoms with Crippen molar-refractivity contribution in [2.24, 2.45) is 0 Å². The van der Waals surface area contributed by atoms with Crippen molar-refractivity contribution in [1.82, 2.24) is 0 Å². The highest BCUT2D eigenvalue weighted by Gasteiger charge is 2.66. The second-order valence-corrected chi connectivity index (χ2v) is 6.06. The number of alkyl halides is 3. The van der Waals surface area contributed by atoms with Gasteiger partial charge in [0, 0.05) is 0 Å². The molecule has 2 rings (SSSR count). The molecular weight excluding hydrogens is 241 g/mol. The van der Waals surface area contributed by atoms with Crippen molar-refractivity contribution in [3.8, 4) is 0 Å². The average molecular weight is 250 g/mol. The van der Waals surface area contributed by atoms with E-state index in [1.807, 2.05) is 0 Å². The van der Waals surface area contributed by atoms with Crippen LogP contribution in [0.3, 0.4) is 0 Å². The highest BCUT2D eigenvalue weighted by Crippen LogP contribution is 2.57. The van der Waals surface area contributed by atoms with Crippen molar-refractivity contribution >= 4 is 9.84 Å². The number of rotatable bonds is 2. The van der Waals surface area contributed by atoms with Crippen molar-refractivity contribution in [1.29, 1.82) is 0 Å². The fourth-order valence-corrected chi connectivity index (χ4v) is 3.32. The summed E-state index contributed by atoms with van der Waals surface area (Å²) in [6.07, 6.45) is 0.0811. The third-order valence-electron chi connectivity index (χ3n) is 2.82. The molecule has 1 aliphatic carbocycles. The van der Waals surface area contributed by atoms with Gasteiger partial charge in [-0.1, -0.05) is 30.3 Å². The van der Waals surface area contributed by atoms with Gasteiger partial charge in [-0.25, -0.2) is 8.42 Å². The van der Waals surface area contributed by atoms with Crippen LogP contribution in [-0.4, -0.2) is 13.9 Å². The van der Waals surface area contributed by atoms with Gasteiger partial charge < -0.3 is 0 Å². The first-order chi connectivity index (χ1) is 7.31. The molecule has 1 fully saturated rings. The molecule has 0 amide bonds. The van der Waals surface area contributed by atoms with Crippen LogP contribution in [0.15, 0.2) is 30.3 Å². The quantitative estimate of drug-likeness (QED) is 0.808. The fourth-order valence-electron chi connectivity index (χ4n) is 1.79. The van der Waals surface area contributed by atoms with E-state index in [1.54, 1.807) is 18.2 Å². The van der Waals surface area contributed by atoms with Crippen LogP contribution in [0.4, 0.5) is 13.2 Å². The maximum absolute atomic E-state index is 12.5. The lowest BCUT2D eigenvalue weighted by Gasteiger charge is -2.18. The van der Waals surface area contributed by atoms with Gasteiger partial charge in [-0.15, -0.1) is 0 Å². The monoisotopic (exact) mass is 250 g/mol. The lowest BCUT2D eigenvalue weighted by Crippen LogP contribution is -2.34. The summed E-state index contributed by atoms with van der Waals surface area (Å²) < 4.78 is 58.5. The molecule has 1 saturated carbocycles. The zero-order valence-corrected chi connectivity index (χ0v) is 8.98. The van der Waals surface area contributed by atoms with Gasteiger partial charge >= 0.3 is 5.51 Å². The Hall–Kier alpha value is -1.04. The molecular formula is C10H9F3O2S. The van der Waals surface area contributed by atoms with Crippen LogP contribution < -0.4 is 0 Å². The SMILES string of the molecule is O=S(=O)(C(F)(F)F)C1(c2ccccc2)CC1. The molecule has 1 aliphatic rings. The minimum absolute atomic E-state index is 0.0405. The second-order valence-electron chi connectivity index (χ2n) is 3.81. The van der Waals surface area contributed by atoms with E-state index in [2.05, 4.69) is 0 Å². The van der Waals surface area contributed by atoms with Gasteiger partial charge in [-0.2, -0.15) is 13.2 Å². The van der Waals surface area contributed by atoms with Crippen LogP contribution in [-0.2, 0) is 14.6 Å². The van der Waals surface area contributed by atoms with Gasteiger partial charge in [-0.3, -0.25) is 0 Å². The van der Waals surface area contributed by atoms with Crippen LogP contribution >= 0.6 is 0 Å². The first kappa shape index (κ1) is 11.4. The van der Waals surface area contributed by atoms with Crippen LogP contribution in [0.25, 0.3) is 0 Å². The predicted octanol–water partition coefficient (Wildman–Crippen LogP) is 2.61. The fraction of sp³-hybridized carbons (Fsp3) is 0.400. The van der Waals surface area contributed by atoms with Crippen molar-refractivity contribution < 1.29 is 21.6 Å². The standard InChI is InChI=1S/C10H9F3O2S/c11-10(12,13)16(14,15)9(6-7-9)8-4-2-1-3-5-8/h1-5H,6-7H2. The van der Waals surface area contributed by atoms with Crippen LogP contribution in [0, 0.1) is 0 Å². The maximum atomic E-state index is 12.5. The zero-order chi connectivity index (χ0) is 12.0. The van der Waals surface area contributed by atoms with Gasteiger partial charge in [0.1, 0.15) is 4.75 Å². The van der Waals surface area contributed by atoms with E-state index in [9.17, 15) is 21.6 Å². The predicted molar refractivity (Wildman–Crippen MR) is 52.3 cm³/mol. The molecule has 0 spiro atoms. The number of hydrogen-bond acceptors (Lipinski definition) is 2. The first-order valence-corrected chi connectivity index (χ1v) is 6.16. The molecule has 88 valence electrons. The largest absolute Gasteiger partial charge is 0.498 e. The molecule has 0 bridgehead atoms. The van der Waals surface area contributed by atoms with Crippen molar-refractivity contribution in [2.75, 3.05) is 0 Å². The smallest absolute Gasteiger partial charge is 0.219 e. The molecule has 0 radical (unpaired) electrons. The number of halogens is 3. The molecule has 1 aromatic rings. The molecule has 0 heterocycles. The normalized spacial score (nSPS) is 19.4. The van der Waals surface area contributed by atoms with E-state index in [-0.39, 0.29) is 18.4 Å². The Kier molecular flexibility index (Phi) is 2.31. The maximum Gasteiger partial charge on any atom is 0.498 e. The summed E-state index contributed by atoms with van der Waals surface area (Å²) in [7, 11) is -5.12. The molecule has 0 N–H and O–H groups in total. The summed E-state index contributed by atoms with van der Waals surface area (Å²) in [5, 5.41) is 0. The Morgan fingerprint density at radius 3 is 1.94 bits per heavy atom. The minimum atomic E-state index is -5.18. The van der Waals surface area contributed by atoms with Crippen LogP contribution in [0.1, 0.15) is 18.4 Å². The lowest BCUT2D eigenvalue weighted by atomic mass is 10.1. The van der Waals surface area contributed by atoms with Gasteiger partial charge in [0.2, 0.25) is 0 Å². The molecule has 1 aromatic carbocycles. The Labute approximate surface area is 91.0 Å². The Balaban J connectivity index is 2.51. The number of benzene rings is 1. The molecule has 0 aromatic heterocycles. The van der Waals surface area contributed by atoms with Crippen molar-refractivity contribution in [3.63, 3.8) is 0 Å². The Bertz CT molecular complexity index is 487. The highest BCUT2D eigenvalue weighted by molar-refractivity contribution is 7.93. The van der Waals surface area contributed by atoms with Gasteiger partial charge in [0.05, 0.1) is 0 Å². The summed E-state index contributed by atoms with van der Waals surface area (Å²) in [6.45, 7) is 0. The third-order valence-corrected chi connectivity index (χ3v) is 5.11. The van der Waals surface area contributed by atoms with Crippen molar-refractivity contribution in [3.05, 3.63) is 35.9 Å². The minimum Gasteiger partial charge on any atom is -0.219 e. The van der Waals surface area contributed by atoms with E-state index >= 15 is 0 Å². The molecule has 2 nitrogen and oxygen atoms in total. The third kappa shape index (κ3) is 1.43. The van der Waals surface area contributed by atoms with E-state index in [1.165, 1.54) is 12.1 Å². The Morgan fingerprint density at radius 1 is 1.06 bits per heavy atom. The first-order valence-electron chi connectivity index (χ1n) is 4.68. The molecule has 16 heavy (non-hydrogen) atoms. The lowest BCUT2D eigenvalue weighted by molar-refractivity contribution is -0.0448. The second kappa shape index (κ2) is 3.23. The summed E-state index contributed by atoms with van der Waals surface area (Å²) in [4.78, 5) is 0. The van der Waals surface area contributed by atoms with E-state index in [0.29, 0.717) is 0 Å². The van der Waals surface area contributed by atoms with Gasteiger partial charge in [-0.05, 0) is 18.4 Å². The summed E-state index contributed by atoms with van der Waals surface area (Å²) in [6, 6.07) is 7.58. The topological polar surface area (TPSA) is 34.1 Å². The van der Waals surface area contributed by atoms with Crippen LogP contribution in [0.5, 0.6) is 0 Å². The van der Waals surface area contributed by atoms with Crippen LogP contribution in [0.2, 0.25) is 0 Å². The highest BCUT2D eigenvalue weighted by atomic mass is 32.2. The summed E-state index contributed by atoms with van der Waals surface area (Å²) in [5.74, 6) is 0. The van der Waals surface area contributed by atoms with E-state index in [4.69, 9.17) is 0 Å². The zero-order valence-electron chi connectivity index (χ0n) is 8.16. The molecule has 0 aliphatic heterocycles. The molecule has 0 atom stereocenters. The van der Waals surface area contributed by atoms with Gasteiger partial charge in [0.25, 0.3) is 9.84 Å². The average Bonchev–Trinajstić information content (AvgIpc) is 2.98. The van der Waals surface area contributed by atoms with Gasteiger partial charge in [0.15, 0.2) is 0 Å².